The fourth-order valence-electron chi connectivity index (χ4n) is 9.11. The van der Waals surface area contributed by atoms with Crippen molar-refractivity contribution in [3.05, 3.63) is 48.6 Å². The Morgan fingerprint density at radius 3 is 1.46 bits per heavy atom. The van der Waals surface area contributed by atoms with Crippen LogP contribution in [0.4, 0.5) is 0 Å². The molecular formula is C58H107NO12S. The molecule has 0 aliphatic carbocycles. The summed E-state index contributed by atoms with van der Waals surface area (Å²) in [4.78, 5) is 13.1. The summed E-state index contributed by atoms with van der Waals surface area (Å²) in [7, 11) is -5.12. The molecule has 1 heterocycles. The Bertz CT molecular complexity index is 1470. The zero-order valence-corrected chi connectivity index (χ0v) is 46.2. The lowest BCUT2D eigenvalue weighted by molar-refractivity contribution is -0.298. The van der Waals surface area contributed by atoms with E-state index in [1.54, 1.807) is 6.08 Å². The molecule has 0 aromatic heterocycles. The maximum absolute atomic E-state index is 13.1. The van der Waals surface area contributed by atoms with Gasteiger partial charge in [-0.2, -0.15) is 8.42 Å². The number of aliphatic hydroxyl groups excluding tert-OH is 5. The molecule has 422 valence electrons. The van der Waals surface area contributed by atoms with Crippen molar-refractivity contribution in [1.29, 1.82) is 0 Å². The van der Waals surface area contributed by atoms with Crippen LogP contribution in [0.5, 0.6) is 0 Å². The van der Waals surface area contributed by atoms with Gasteiger partial charge in [0.1, 0.15) is 30.5 Å². The molecule has 0 spiro atoms. The van der Waals surface area contributed by atoms with E-state index in [0.29, 0.717) is 12.8 Å². The second-order valence-corrected chi connectivity index (χ2v) is 21.4. The summed E-state index contributed by atoms with van der Waals surface area (Å²) >= 11 is 0. The molecule has 0 aromatic carbocycles. The molecular weight excluding hydrogens is 935 g/mol. The highest BCUT2D eigenvalue weighted by Crippen LogP contribution is 2.26. The number of aliphatic hydroxyl groups is 5. The van der Waals surface area contributed by atoms with E-state index in [1.807, 2.05) is 6.08 Å². The highest BCUT2D eigenvalue weighted by Gasteiger charge is 2.48. The minimum absolute atomic E-state index is 0.236. The number of carbonyl (C=O) groups is 1. The zero-order valence-electron chi connectivity index (χ0n) is 45.4. The van der Waals surface area contributed by atoms with Gasteiger partial charge in [-0.15, -0.1) is 0 Å². The number of hydrogen-bond donors (Lipinski definition) is 7. The molecule has 72 heavy (non-hydrogen) atoms. The zero-order chi connectivity index (χ0) is 52.8. The third-order valence-electron chi connectivity index (χ3n) is 13.7. The SMILES string of the molecule is CCC/C=C/CC/C=C/C(O)C(COC1OC(CO)C(O)C(OS(=O)(=O)O)C1O)NC(=O)C(O)CCCCCCCCCCCCCCCCCC/C=C\C/C=C\CCCCCCCCCCCCCCC. The van der Waals surface area contributed by atoms with Crippen molar-refractivity contribution in [2.75, 3.05) is 13.2 Å². The topological polar surface area (TPSA) is 212 Å². The fraction of sp³-hybridized carbons (Fsp3) is 0.845. The number of rotatable bonds is 50. The van der Waals surface area contributed by atoms with Crippen molar-refractivity contribution >= 4 is 16.3 Å². The van der Waals surface area contributed by atoms with Crippen molar-refractivity contribution in [3.63, 3.8) is 0 Å². The van der Waals surface area contributed by atoms with Crippen LogP contribution in [-0.2, 0) is 28.9 Å². The molecule has 1 fully saturated rings. The number of amides is 1. The Kier molecular flexibility index (Phi) is 44.9. The Morgan fingerprint density at radius 2 is 1.00 bits per heavy atom. The van der Waals surface area contributed by atoms with Crippen LogP contribution in [0.3, 0.4) is 0 Å². The van der Waals surface area contributed by atoms with Crippen LogP contribution >= 0.6 is 0 Å². The van der Waals surface area contributed by atoms with Gasteiger partial charge in [0.25, 0.3) is 0 Å². The molecule has 1 aliphatic heterocycles. The van der Waals surface area contributed by atoms with Crippen molar-refractivity contribution in [2.24, 2.45) is 0 Å². The van der Waals surface area contributed by atoms with Crippen LogP contribution < -0.4 is 5.32 Å². The van der Waals surface area contributed by atoms with Crippen molar-refractivity contribution < 1.29 is 57.0 Å². The summed E-state index contributed by atoms with van der Waals surface area (Å²) in [5, 5.41) is 55.0. The Labute approximate surface area is 439 Å². The Hall–Kier alpha value is -1.98. The molecule has 7 N–H and O–H groups in total. The normalized spacial score (nSPS) is 20.1. The maximum atomic E-state index is 13.1. The molecule has 0 saturated carbocycles. The van der Waals surface area contributed by atoms with Gasteiger partial charge in [0.2, 0.25) is 5.91 Å². The lowest BCUT2D eigenvalue weighted by Crippen LogP contribution is -2.61. The van der Waals surface area contributed by atoms with Gasteiger partial charge in [-0.1, -0.05) is 242 Å². The molecule has 8 unspecified atom stereocenters. The Morgan fingerprint density at radius 1 is 0.569 bits per heavy atom. The second kappa shape index (κ2) is 47.5. The molecule has 14 heteroatoms. The lowest BCUT2D eigenvalue weighted by Gasteiger charge is -2.41. The van der Waals surface area contributed by atoms with Crippen molar-refractivity contribution in [3.8, 4) is 0 Å². The van der Waals surface area contributed by atoms with Gasteiger partial charge in [0, 0.05) is 0 Å². The van der Waals surface area contributed by atoms with E-state index in [0.717, 1.165) is 44.9 Å². The minimum Gasteiger partial charge on any atom is -0.394 e. The number of hydrogen-bond acceptors (Lipinski definition) is 11. The third kappa shape index (κ3) is 38.6. The van der Waals surface area contributed by atoms with Gasteiger partial charge in [0.15, 0.2) is 6.29 Å². The predicted octanol–water partition coefficient (Wildman–Crippen LogP) is 12.5. The van der Waals surface area contributed by atoms with Gasteiger partial charge < -0.3 is 40.3 Å². The average molecular weight is 1040 g/mol. The predicted molar refractivity (Wildman–Crippen MR) is 293 cm³/mol. The maximum Gasteiger partial charge on any atom is 0.397 e. The first-order valence-electron chi connectivity index (χ1n) is 29.1. The third-order valence-corrected chi connectivity index (χ3v) is 14.1. The summed E-state index contributed by atoms with van der Waals surface area (Å²) in [6, 6.07) is -1.13. The van der Waals surface area contributed by atoms with Gasteiger partial charge in [0.05, 0.1) is 25.4 Å². The Balaban J connectivity index is 2.14. The van der Waals surface area contributed by atoms with E-state index >= 15 is 0 Å². The van der Waals surface area contributed by atoms with Crippen LogP contribution in [0.1, 0.15) is 251 Å². The number of unbranched alkanes of at least 4 members (excludes halogenated alkanes) is 31. The van der Waals surface area contributed by atoms with E-state index < -0.39 is 78.5 Å². The molecule has 1 rings (SSSR count). The molecule has 1 saturated heterocycles. The van der Waals surface area contributed by atoms with E-state index in [4.69, 9.17) is 14.0 Å². The number of ether oxygens (including phenoxy) is 2. The summed E-state index contributed by atoms with van der Waals surface area (Å²) in [5.41, 5.74) is 0. The van der Waals surface area contributed by atoms with Crippen molar-refractivity contribution in [1.82, 2.24) is 5.32 Å². The van der Waals surface area contributed by atoms with E-state index in [1.165, 1.54) is 179 Å². The first kappa shape index (κ1) is 68.0. The first-order chi connectivity index (χ1) is 34.9. The lowest BCUT2D eigenvalue weighted by atomic mass is 9.99. The van der Waals surface area contributed by atoms with Gasteiger partial charge in [-0.25, -0.2) is 4.18 Å². The molecule has 8 atom stereocenters. The second-order valence-electron chi connectivity index (χ2n) is 20.4. The van der Waals surface area contributed by atoms with Crippen LogP contribution in [0.15, 0.2) is 48.6 Å². The molecule has 0 aromatic rings. The summed E-state index contributed by atoms with van der Waals surface area (Å²) < 4.78 is 47.4. The number of allylic oxidation sites excluding steroid dienone is 7. The summed E-state index contributed by atoms with van der Waals surface area (Å²) in [6.45, 7) is 3.09. The quantitative estimate of drug-likeness (QED) is 0.0172. The fourth-order valence-corrected chi connectivity index (χ4v) is 9.61. The molecule has 0 radical (unpaired) electrons. The number of carbonyl (C=O) groups excluding carboxylic acids is 1. The van der Waals surface area contributed by atoms with Crippen molar-refractivity contribution in [2.45, 2.75) is 300 Å². The summed E-state index contributed by atoms with van der Waals surface area (Å²) in [6.07, 6.45) is 50.1. The van der Waals surface area contributed by atoms with E-state index in [-0.39, 0.29) is 6.42 Å². The average Bonchev–Trinajstić information content (AvgIpc) is 3.36. The highest BCUT2D eigenvalue weighted by molar-refractivity contribution is 7.80. The minimum atomic E-state index is -5.12. The van der Waals surface area contributed by atoms with Crippen LogP contribution in [0.2, 0.25) is 0 Å². The number of nitrogens with one attached hydrogen (secondary N) is 1. The first-order valence-corrected chi connectivity index (χ1v) is 30.5. The standard InChI is InChI=1S/C58H107NO12S/c1-3-5-7-9-11-12-13-14-15-16-17-18-19-20-21-22-23-24-25-26-27-28-29-30-31-32-33-34-35-36-37-38-39-41-43-45-47-52(62)57(65)59-50(51(61)46-44-42-40-10-8-6-4-2)49-69-58-55(64)56(71-72(66,67)68)54(63)53(48-60)70-58/h8,10,21-22,24-25,44,46,50-56,58,60-64H,3-7,9,11-20,23,26-43,45,47-49H2,1-2H3,(H,59,65)(H,66,67,68)/b10-8+,22-21-,25-24-,46-44+. The van der Waals surface area contributed by atoms with Gasteiger partial charge in [-0.3, -0.25) is 9.35 Å². The van der Waals surface area contributed by atoms with E-state index in [2.05, 4.69) is 53.7 Å². The largest absolute Gasteiger partial charge is 0.397 e. The monoisotopic (exact) mass is 1040 g/mol. The molecule has 0 bridgehead atoms. The van der Waals surface area contributed by atoms with Gasteiger partial charge in [-0.05, 0) is 57.8 Å². The molecule has 1 aliphatic rings. The van der Waals surface area contributed by atoms with Crippen LogP contribution in [-0.4, -0.2) is 107 Å². The van der Waals surface area contributed by atoms with Crippen LogP contribution in [0.25, 0.3) is 0 Å². The molecule has 13 nitrogen and oxygen atoms in total. The smallest absolute Gasteiger partial charge is 0.394 e. The highest BCUT2D eigenvalue weighted by atomic mass is 32.3. The summed E-state index contributed by atoms with van der Waals surface area (Å²) in [5.74, 6) is -0.716. The van der Waals surface area contributed by atoms with E-state index in [9.17, 15) is 38.7 Å². The van der Waals surface area contributed by atoms with Gasteiger partial charge >= 0.3 is 10.4 Å². The molecule has 1 amide bonds. The van der Waals surface area contributed by atoms with Crippen LogP contribution in [0, 0.1) is 0 Å².